The molecule has 1 atom stereocenters. The quantitative estimate of drug-likeness (QED) is 0.682. The van der Waals surface area contributed by atoms with Crippen LogP contribution in [0.1, 0.15) is 28.7 Å². The third-order valence-corrected chi connectivity index (χ3v) is 7.43. The van der Waals surface area contributed by atoms with Crippen LogP contribution in [-0.2, 0) is 26.6 Å². The number of sulfonamides is 1. The predicted molar refractivity (Wildman–Crippen MR) is 117 cm³/mol. The predicted octanol–water partition coefficient (Wildman–Crippen LogP) is 1.83. The molecule has 2 aromatic rings. The van der Waals surface area contributed by atoms with Crippen LogP contribution < -0.4 is 10.2 Å². The minimum absolute atomic E-state index is 0.0528. The Labute approximate surface area is 183 Å². The number of benzene rings is 1. The molecule has 164 valence electrons. The molecule has 31 heavy (non-hydrogen) atoms. The maximum atomic E-state index is 12.6. The molecule has 0 aliphatic carbocycles. The van der Waals surface area contributed by atoms with E-state index in [1.54, 1.807) is 36.9 Å². The SMILES string of the molecule is Cc1nn(C)c(C)c1NC(=O)C(C)OC(=O)c1ccc2c(c1)SC1=NS(=O)(=O)CCN12. The number of hydrogen-bond acceptors (Lipinski definition) is 8. The molecule has 1 aromatic carbocycles. The van der Waals surface area contributed by atoms with Crippen LogP contribution in [0.5, 0.6) is 0 Å². The van der Waals surface area contributed by atoms with Crippen molar-refractivity contribution in [3.05, 3.63) is 35.2 Å². The van der Waals surface area contributed by atoms with Crippen LogP contribution in [0.15, 0.2) is 27.5 Å². The smallest absolute Gasteiger partial charge is 0.338 e. The molecule has 2 aliphatic heterocycles. The zero-order valence-corrected chi connectivity index (χ0v) is 19.0. The zero-order valence-electron chi connectivity index (χ0n) is 17.4. The number of nitrogens with zero attached hydrogens (tertiary/aromatic N) is 4. The first kappa shape index (κ1) is 21.4. The number of ether oxygens (including phenoxy) is 1. The Kier molecular flexibility index (Phi) is 5.30. The van der Waals surface area contributed by atoms with E-state index in [2.05, 4.69) is 14.8 Å². The molecule has 1 unspecified atom stereocenters. The van der Waals surface area contributed by atoms with Gasteiger partial charge in [0.25, 0.3) is 15.9 Å². The normalized spacial score (nSPS) is 17.4. The van der Waals surface area contributed by atoms with Gasteiger partial charge in [-0.25, -0.2) is 13.2 Å². The molecule has 4 rings (SSSR count). The van der Waals surface area contributed by atoms with Crippen molar-refractivity contribution in [1.29, 1.82) is 0 Å². The Morgan fingerprint density at radius 2 is 2.03 bits per heavy atom. The molecule has 3 heterocycles. The topological polar surface area (TPSA) is 123 Å². The Balaban J connectivity index is 1.46. The number of nitrogens with one attached hydrogen (secondary N) is 1. The van der Waals surface area contributed by atoms with Gasteiger partial charge in [-0.15, -0.1) is 4.40 Å². The van der Waals surface area contributed by atoms with Gasteiger partial charge in [-0.05, 0) is 50.7 Å². The van der Waals surface area contributed by atoms with Gasteiger partial charge < -0.3 is 15.0 Å². The number of aromatic nitrogens is 2. The second-order valence-electron chi connectivity index (χ2n) is 7.30. The van der Waals surface area contributed by atoms with Gasteiger partial charge in [0.2, 0.25) is 0 Å². The number of esters is 1. The Morgan fingerprint density at radius 3 is 2.71 bits per heavy atom. The van der Waals surface area contributed by atoms with Crippen LogP contribution in [0.4, 0.5) is 11.4 Å². The summed E-state index contributed by atoms with van der Waals surface area (Å²) in [7, 11) is -1.67. The second-order valence-corrected chi connectivity index (χ2v) is 10.1. The second kappa shape index (κ2) is 7.68. The van der Waals surface area contributed by atoms with E-state index in [1.807, 2.05) is 11.8 Å². The molecule has 1 amide bonds. The molecular formula is C19H21N5O5S2. The summed E-state index contributed by atoms with van der Waals surface area (Å²) >= 11 is 1.19. The highest BCUT2D eigenvalue weighted by Gasteiger charge is 2.33. The third-order valence-electron chi connectivity index (χ3n) is 5.12. The maximum absolute atomic E-state index is 12.6. The number of carbonyl (C=O) groups excluding carboxylic acids is 2. The first-order valence-electron chi connectivity index (χ1n) is 9.50. The molecule has 0 radical (unpaired) electrons. The van der Waals surface area contributed by atoms with Gasteiger partial charge in [0.05, 0.1) is 34.1 Å². The minimum atomic E-state index is -3.45. The third kappa shape index (κ3) is 4.04. The summed E-state index contributed by atoms with van der Waals surface area (Å²) in [4.78, 5) is 27.6. The number of hydrogen-bond donors (Lipinski definition) is 1. The summed E-state index contributed by atoms with van der Waals surface area (Å²) in [5.41, 5.74) is 3.12. The first-order valence-corrected chi connectivity index (χ1v) is 11.9. The van der Waals surface area contributed by atoms with Crippen LogP contribution in [0, 0.1) is 13.8 Å². The Morgan fingerprint density at radius 1 is 1.29 bits per heavy atom. The highest BCUT2D eigenvalue weighted by Crippen LogP contribution is 2.42. The summed E-state index contributed by atoms with van der Waals surface area (Å²) in [6, 6.07) is 4.94. The molecule has 10 nitrogen and oxygen atoms in total. The lowest BCUT2D eigenvalue weighted by molar-refractivity contribution is -0.123. The summed E-state index contributed by atoms with van der Waals surface area (Å²) in [5, 5.41) is 7.38. The average molecular weight is 464 g/mol. The summed E-state index contributed by atoms with van der Waals surface area (Å²) in [6.45, 7) is 5.42. The van der Waals surface area contributed by atoms with E-state index in [9.17, 15) is 18.0 Å². The van der Waals surface area contributed by atoms with Crippen molar-refractivity contribution in [2.45, 2.75) is 31.8 Å². The molecule has 1 N–H and O–H groups in total. The van der Waals surface area contributed by atoms with Gasteiger partial charge in [-0.3, -0.25) is 9.48 Å². The lowest BCUT2D eigenvalue weighted by Crippen LogP contribution is -2.35. The molecule has 0 bridgehead atoms. The van der Waals surface area contributed by atoms with Crippen LogP contribution >= 0.6 is 11.8 Å². The van der Waals surface area contributed by atoms with Crippen molar-refractivity contribution < 1.29 is 22.7 Å². The van der Waals surface area contributed by atoms with E-state index in [4.69, 9.17) is 4.74 Å². The van der Waals surface area contributed by atoms with Crippen molar-refractivity contribution in [3.63, 3.8) is 0 Å². The molecular weight excluding hydrogens is 442 g/mol. The molecule has 0 saturated carbocycles. The highest BCUT2D eigenvalue weighted by molar-refractivity contribution is 8.15. The lowest BCUT2D eigenvalue weighted by Gasteiger charge is -2.22. The van der Waals surface area contributed by atoms with E-state index < -0.39 is 28.0 Å². The molecule has 0 saturated heterocycles. The molecule has 0 spiro atoms. The summed E-state index contributed by atoms with van der Waals surface area (Å²) < 4.78 is 34.3. The molecule has 2 aliphatic rings. The van der Waals surface area contributed by atoms with Crippen molar-refractivity contribution in [3.8, 4) is 0 Å². The van der Waals surface area contributed by atoms with Gasteiger partial charge in [0, 0.05) is 18.5 Å². The van der Waals surface area contributed by atoms with E-state index in [0.717, 1.165) is 11.4 Å². The number of amides is 1. The van der Waals surface area contributed by atoms with E-state index in [0.29, 0.717) is 28.0 Å². The Hall–Kier alpha value is -2.86. The summed E-state index contributed by atoms with van der Waals surface area (Å²) in [6.07, 6.45) is -1.02. The van der Waals surface area contributed by atoms with Gasteiger partial charge in [0.1, 0.15) is 0 Å². The summed E-state index contributed by atoms with van der Waals surface area (Å²) in [5.74, 6) is -1.16. The zero-order chi connectivity index (χ0) is 22.5. The highest BCUT2D eigenvalue weighted by atomic mass is 32.2. The fourth-order valence-electron chi connectivity index (χ4n) is 3.32. The molecule has 0 fully saturated rings. The van der Waals surface area contributed by atoms with E-state index in [1.165, 1.54) is 18.7 Å². The number of carbonyl (C=O) groups is 2. The lowest BCUT2D eigenvalue weighted by atomic mass is 10.2. The van der Waals surface area contributed by atoms with E-state index >= 15 is 0 Å². The standard InChI is InChI=1S/C19H21N5O5S2/c1-10-16(11(2)23(4)21-10)20-17(25)12(3)29-18(26)13-5-6-14-15(9-13)30-19-22-31(27,28)8-7-24(14)19/h5-6,9,12H,7-8H2,1-4H3,(H,20,25). The largest absolute Gasteiger partial charge is 0.449 e. The average Bonchev–Trinajstić information content (AvgIpc) is 3.16. The van der Waals surface area contributed by atoms with Crippen molar-refractivity contribution in [1.82, 2.24) is 9.78 Å². The number of amidine groups is 1. The van der Waals surface area contributed by atoms with Crippen molar-refractivity contribution in [2.24, 2.45) is 11.4 Å². The van der Waals surface area contributed by atoms with E-state index in [-0.39, 0.29) is 11.3 Å². The van der Waals surface area contributed by atoms with Gasteiger partial charge >= 0.3 is 5.97 Å². The fraction of sp³-hybridized carbons (Fsp3) is 0.368. The van der Waals surface area contributed by atoms with Gasteiger partial charge in [-0.2, -0.15) is 5.10 Å². The fourth-order valence-corrected chi connectivity index (χ4v) is 5.62. The van der Waals surface area contributed by atoms with Gasteiger partial charge in [0.15, 0.2) is 11.3 Å². The molecule has 1 aromatic heterocycles. The monoisotopic (exact) mass is 463 g/mol. The van der Waals surface area contributed by atoms with Crippen LogP contribution in [0.25, 0.3) is 0 Å². The first-order chi connectivity index (χ1) is 14.6. The number of aryl methyl sites for hydroxylation is 2. The van der Waals surface area contributed by atoms with Crippen LogP contribution in [0.2, 0.25) is 0 Å². The number of rotatable bonds is 4. The maximum Gasteiger partial charge on any atom is 0.338 e. The van der Waals surface area contributed by atoms with Crippen LogP contribution in [0.3, 0.4) is 0 Å². The van der Waals surface area contributed by atoms with Crippen molar-refractivity contribution in [2.75, 3.05) is 22.5 Å². The molecule has 12 heteroatoms. The minimum Gasteiger partial charge on any atom is -0.449 e. The number of thioether (sulfide) groups is 1. The number of fused-ring (bicyclic) bond motifs is 3. The van der Waals surface area contributed by atoms with Gasteiger partial charge in [-0.1, -0.05) is 0 Å². The van der Waals surface area contributed by atoms with Crippen LogP contribution in [-0.4, -0.2) is 53.6 Å². The van der Waals surface area contributed by atoms with Crippen molar-refractivity contribution >= 4 is 50.2 Å². The number of anilines is 2. The Bertz CT molecular complexity index is 1230.